The van der Waals surface area contributed by atoms with Crippen molar-refractivity contribution in [3.63, 3.8) is 0 Å². The number of hydrogen-bond acceptors (Lipinski definition) is 4. The number of aryl methyl sites for hydroxylation is 1. The SMILES string of the molecule is Cc1ccc(C(C(N)=O)S(=O)CC(=O)N(c2ccccc2)C(C)C(=O)NC2CCCC2)cc1. The average molecular weight is 470 g/mol. The number of primary amides is 1. The van der Waals surface area contributed by atoms with Gasteiger partial charge in [-0.1, -0.05) is 60.9 Å². The molecule has 3 rings (SSSR count). The summed E-state index contributed by atoms with van der Waals surface area (Å²) < 4.78 is 13.1. The molecule has 176 valence electrons. The number of benzene rings is 2. The minimum absolute atomic E-state index is 0.114. The number of nitrogens with zero attached hydrogens (tertiary/aromatic N) is 1. The molecule has 3 N–H and O–H groups in total. The quantitative estimate of drug-likeness (QED) is 0.588. The Bertz CT molecular complexity index is 1000. The highest BCUT2D eigenvalue weighted by Crippen LogP contribution is 2.24. The Balaban J connectivity index is 1.81. The normalized spacial score (nSPS) is 16.5. The van der Waals surface area contributed by atoms with Gasteiger partial charge < -0.3 is 11.1 Å². The Morgan fingerprint density at radius 1 is 1.06 bits per heavy atom. The Hall–Kier alpha value is -3.00. The summed E-state index contributed by atoms with van der Waals surface area (Å²) in [5, 5.41) is 1.91. The molecular weight excluding hydrogens is 438 g/mol. The van der Waals surface area contributed by atoms with E-state index in [2.05, 4.69) is 5.32 Å². The molecule has 3 unspecified atom stereocenters. The number of rotatable bonds is 9. The van der Waals surface area contributed by atoms with E-state index in [4.69, 9.17) is 5.73 Å². The molecule has 0 aliphatic heterocycles. The summed E-state index contributed by atoms with van der Waals surface area (Å²) in [7, 11) is -1.90. The molecule has 0 heterocycles. The average Bonchev–Trinajstić information content (AvgIpc) is 3.29. The van der Waals surface area contributed by atoms with Gasteiger partial charge in [-0.3, -0.25) is 23.5 Å². The van der Waals surface area contributed by atoms with Crippen molar-refractivity contribution in [3.8, 4) is 0 Å². The van der Waals surface area contributed by atoms with Crippen molar-refractivity contribution in [3.05, 3.63) is 65.7 Å². The number of anilines is 1. The van der Waals surface area contributed by atoms with Crippen LogP contribution in [0.15, 0.2) is 54.6 Å². The zero-order valence-electron chi connectivity index (χ0n) is 19.0. The molecule has 0 saturated heterocycles. The smallest absolute Gasteiger partial charge is 0.243 e. The van der Waals surface area contributed by atoms with Gasteiger partial charge in [-0.05, 0) is 44.4 Å². The summed E-state index contributed by atoms with van der Waals surface area (Å²) in [4.78, 5) is 39.8. The first-order chi connectivity index (χ1) is 15.8. The fourth-order valence-corrected chi connectivity index (χ4v) is 5.41. The van der Waals surface area contributed by atoms with Crippen molar-refractivity contribution in [2.45, 2.75) is 56.9 Å². The Morgan fingerprint density at radius 3 is 2.24 bits per heavy atom. The van der Waals surface area contributed by atoms with Crippen molar-refractivity contribution in [2.75, 3.05) is 10.7 Å². The number of amides is 3. The van der Waals surface area contributed by atoms with E-state index in [-0.39, 0.29) is 11.9 Å². The molecule has 8 heteroatoms. The maximum absolute atomic E-state index is 13.4. The predicted molar refractivity (Wildman–Crippen MR) is 130 cm³/mol. The van der Waals surface area contributed by atoms with Crippen LogP contribution in [0.2, 0.25) is 0 Å². The van der Waals surface area contributed by atoms with Crippen LogP contribution in [0.3, 0.4) is 0 Å². The summed E-state index contributed by atoms with van der Waals surface area (Å²) in [6.07, 6.45) is 4.01. The van der Waals surface area contributed by atoms with E-state index < -0.39 is 39.7 Å². The zero-order valence-corrected chi connectivity index (χ0v) is 19.8. The fourth-order valence-electron chi connectivity index (χ4n) is 4.14. The van der Waals surface area contributed by atoms with Gasteiger partial charge in [0.15, 0.2) is 0 Å². The first-order valence-electron chi connectivity index (χ1n) is 11.2. The molecule has 1 aliphatic rings. The fraction of sp³-hybridized carbons (Fsp3) is 0.400. The van der Waals surface area contributed by atoms with Crippen LogP contribution in [0, 0.1) is 6.92 Å². The molecule has 2 aromatic carbocycles. The van der Waals surface area contributed by atoms with Gasteiger partial charge in [0, 0.05) is 22.5 Å². The number of carbonyl (C=O) groups is 3. The molecule has 0 bridgehead atoms. The first-order valence-corrected chi connectivity index (χ1v) is 12.6. The third-order valence-corrected chi connectivity index (χ3v) is 7.50. The lowest BCUT2D eigenvalue weighted by molar-refractivity contribution is -0.125. The summed E-state index contributed by atoms with van der Waals surface area (Å²) >= 11 is 0. The van der Waals surface area contributed by atoms with Gasteiger partial charge >= 0.3 is 0 Å². The summed E-state index contributed by atoms with van der Waals surface area (Å²) in [6.45, 7) is 3.56. The molecule has 7 nitrogen and oxygen atoms in total. The van der Waals surface area contributed by atoms with Gasteiger partial charge in [0.25, 0.3) is 0 Å². The van der Waals surface area contributed by atoms with Crippen LogP contribution in [-0.2, 0) is 25.2 Å². The number of carbonyl (C=O) groups excluding carboxylic acids is 3. The van der Waals surface area contributed by atoms with Gasteiger partial charge in [-0.15, -0.1) is 0 Å². The topological polar surface area (TPSA) is 110 Å². The van der Waals surface area contributed by atoms with Gasteiger partial charge in [0.05, 0.1) is 0 Å². The molecule has 33 heavy (non-hydrogen) atoms. The molecular formula is C25H31N3O4S. The zero-order chi connectivity index (χ0) is 24.0. The Labute approximate surface area is 197 Å². The van der Waals surface area contributed by atoms with Crippen molar-refractivity contribution in [1.82, 2.24) is 5.32 Å². The third-order valence-electron chi connectivity index (χ3n) is 5.94. The van der Waals surface area contributed by atoms with Crippen LogP contribution in [0.4, 0.5) is 5.69 Å². The monoisotopic (exact) mass is 469 g/mol. The molecule has 2 aromatic rings. The molecule has 0 spiro atoms. The molecule has 3 amide bonds. The molecule has 3 atom stereocenters. The van der Waals surface area contributed by atoms with Gasteiger partial charge in [0.2, 0.25) is 17.7 Å². The van der Waals surface area contributed by atoms with E-state index in [0.717, 1.165) is 31.2 Å². The number of nitrogens with two attached hydrogens (primary N) is 1. The minimum atomic E-state index is -1.90. The second kappa shape index (κ2) is 11.2. The van der Waals surface area contributed by atoms with Crippen molar-refractivity contribution >= 4 is 34.2 Å². The van der Waals surface area contributed by atoms with E-state index in [1.54, 1.807) is 55.5 Å². The van der Waals surface area contributed by atoms with Crippen LogP contribution in [0.1, 0.15) is 49.0 Å². The van der Waals surface area contributed by atoms with Crippen LogP contribution in [0.25, 0.3) is 0 Å². The van der Waals surface area contributed by atoms with Crippen molar-refractivity contribution in [1.29, 1.82) is 0 Å². The first kappa shape index (κ1) is 24.6. The standard InChI is InChI=1S/C25H31N3O4S/c1-17-12-14-19(15-13-17)23(24(26)30)33(32)16-22(29)28(21-10-4-3-5-11-21)18(2)25(31)27-20-8-6-7-9-20/h3-5,10-15,18,20,23H,6-9,16H2,1-2H3,(H2,26,30)(H,27,31). The molecule has 1 aliphatic carbocycles. The van der Waals surface area contributed by atoms with Gasteiger partial charge in [-0.25, -0.2) is 0 Å². The minimum Gasteiger partial charge on any atom is -0.368 e. The molecule has 0 radical (unpaired) electrons. The lowest BCUT2D eigenvalue weighted by Crippen LogP contribution is -2.51. The largest absolute Gasteiger partial charge is 0.368 e. The summed E-state index contributed by atoms with van der Waals surface area (Å²) in [5.41, 5.74) is 7.56. The maximum Gasteiger partial charge on any atom is 0.243 e. The number of nitrogens with one attached hydrogen (secondary N) is 1. The number of hydrogen-bond donors (Lipinski definition) is 2. The predicted octanol–water partition coefficient (Wildman–Crippen LogP) is 2.75. The van der Waals surface area contributed by atoms with E-state index in [0.29, 0.717) is 11.3 Å². The van der Waals surface area contributed by atoms with E-state index in [1.807, 2.05) is 13.0 Å². The van der Waals surface area contributed by atoms with Crippen molar-refractivity contribution < 1.29 is 18.6 Å². The van der Waals surface area contributed by atoms with Gasteiger partial charge in [-0.2, -0.15) is 0 Å². The number of para-hydroxylation sites is 1. The third kappa shape index (κ3) is 6.28. The summed E-state index contributed by atoms with van der Waals surface area (Å²) in [5.74, 6) is -1.96. The maximum atomic E-state index is 13.4. The Morgan fingerprint density at radius 2 is 1.67 bits per heavy atom. The highest BCUT2D eigenvalue weighted by atomic mass is 32.2. The second-order valence-electron chi connectivity index (χ2n) is 8.48. The highest BCUT2D eigenvalue weighted by molar-refractivity contribution is 7.86. The van der Waals surface area contributed by atoms with E-state index in [9.17, 15) is 18.6 Å². The summed E-state index contributed by atoms with van der Waals surface area (Å²) in [6, 6.07) is 15.1. The lowest BCUT2D eigenvalue weighted by Gasteiger charge is -2.30. The van der Waals surface area contributed by atoms with Crippen LogP contribution < -0.4 is 16.0 Å². The second-order valence-corrected chi connectivity index (χ2v) is 10.0. The van der Waals surface area contributed by atoms with Crippen LogP contribution in [-0.4, -0.2) is 39.8 Å². The van der Waals surface area contributed by atoms with Crippen LogP contribution >= 0.6 is 0 Å². The Kier molecular flexibility index (Phi) is 8.38. The van der Waals surface area contributed by atoms with E-state index in [1.165, 1.54) is 4.90 Å². The molecule has 0 aromatic heterocycles. The van der Waals surface area contributed by atoms with Crippen LogP contribution in [0.5, 0.6) is 0 Å². The van der Waals surface area contributed by atoms with Crippen molar-refractivity contribution in [2.24, 2.45) is 5.73 Å². The molecule has 1 saturated carbocycles. The van der Waals surface area contributed by atoms with E-state index >= 15 is 0 Å². The van der Waals surface area contributed by atoms with Gasteiger partial charge in [0.1, 0.15) is 17.0 Å². The lowest BCUT2D eigenvalue weighted by atomic mass is 10.1. The molecule has 1 fully saturated rings. The highest BCUT2D eigenvalue weighted by Gasteiger charge is 2.33.